The van der Waals surface area contributed by atoms with Crippen molar-refractivity contribution in [3.63, 3.8) is 0 Å². The Morgan fingerprint density at radius 1 is 1.09 bits per heavy atom. The Kier molecular flexibility index (Phi) is 11.3. The van der Waals surface area contributed by atoms with Gasteiger partial charge >= 0.3 is 5.97 Å². The molecule has 2 rings (SSSR count). The van der Waals surface area contributed by atoms with Gasteiger partial charge in [0.15, 0.2) is 0 Å². The normalized spacial score (nSPS) is 22.8. The Hall–Kier alpha value is -1.85. The maximum absolute atomic E-state index is 13.5. The van der Waals surface area contributed by atoms with E-state index in [-0.39, 0.29) is 24.2 Å². The highest BCUT2D eigenvalue weighted by molar-refractivity contribution is 5.92. The smallest absolute Gasteiger partial charge is 0.318 e. The minimum atomic E-state index is -0.793. The molecule has 2 aliphatic rings. The number of fused-ring (bicyclic) bond motifs is 1. The van der Waals surface area contributed by atoms with Crippen LogP contribution in [0, 0.1) is 11.3 Å². The molecule has 182 valence electrons. The predicted molar refractivity (Wildman–Crippen MR) is 127 cm³/mol. The Balaban J connectivity index is 2.18. The van der Waals surface area contributed by atoms with E-state index in [2.05, 4.69) is 25.2 Å². The van der Waals surface area contributed by atoms with Gasteiger partial charge in [-0.05, 0) is 45.4 Å². The van der Waals surface area contributed by atoms with Crippen LogP contribution in [-0.4, -0.2) is 42.4 Å². The minimum absolute atomic E-state index is 0.00252. The molecule has 1 fully saturated rings. The van der Waals surface area contributed by atoms with Crippen molar-refractivity contribution in [2.45, 2.75) is 104 Å². The largest absolute Gasteiger partial charge is 0.465 e. The molecule has 0 saturated carbocycles. The zero-order valence-electron chi connectivity index (χ0n) is 20.5. The molecule has 1 N–H and O–H groups in total. The van der Waals surface area contributed by atoms with Crippen molar-refractivity contribution in [1.29, 1.82) is 0 Å². The van der Waals surface area contributed by atoms with Gasteiger partial charge in [-0.1, -0.05) is 58.4 Å². The Bertz CT molecular complexity index is 660. The average Bonchev–Trinajstić information content (AvgIpc) is 2.78. The second kappa shape index (κ2) is 13.6. The number of ether oxygens (including phenoxy) is 1. The summed E-state index contributed by atoms with van der Waals surface area (Å²) in [5, 5.41) is 2.94. The molecule has 0 aromatic rings. The fourth-order valence-electron chi connectivity index (χ4n) is 5.09. The third-order valence-corrected chi connectivity index (χ3v) is 6.82. The zero-order chi connectivity index (χ0) is 23.4. The Morgan fingerprint density at radius 3 is 2.53 bits per heavy atom. The summed E-state index contributed by atoms with van der Waals surface area (Å²) in [5.41, 5.74) is 0.0436. The summed E-state index contributed by atoms with van der Waals surface area (Å²) >= 11 is 0. The molecule has 6 heteroatoms. The lowest BCUT2D eigenvalue weighted by Crippen LogP contribution is -2.54. The topological polar surface area (TPSA) is 75.7 Å². The zero-order valence-corrected chi connectivity index (χ0v) is 20.5. The SMILES string of the molecule is CCCCCCCCN1C(=O)[C@H](CC(=O)NCCCC)C[C@@]2(C(=O)OCC)CCCC=C12. The number of hydrogen-bond acceptors (Lipinski definition) is 4. The van der Waals surface area contributed by atoms with Crippen molar-refractivity contribution in [2.24, 2.45) is 11.3 Å². The number of carbonyl (C=O) groups is 3. The number of likely N-dealkylation sites (tertiary alicyclic amines) is 1. The molecule has 0 aromatic carbocycles. The first kappa shape index (κ1) is 26.4. The van der Waals surface area contributed by atoms with Crippen LogP contribution in [0.5, 0.6) is 0 Å². The fraction of sp³-hybridized carbons (Fsp3) is 0.808. The number of esters is 1. The van der Waals surface area contributed by atoms with Crippen LogP contribution in [0.25, 0.3) is 0 Å². The summed E-state index contributed by atoms with van der Waals surface area (Å²) in [6.45, 7) is 7.67. The molecular weight excluding hydrogens is 404 g/mol. The molecule has 1 saturated heterocycles. The minimum Gasteiger partial charge on any atom is -0.465 e. The van der Waals surface area contributed by atoms with Crippen molar-refractivity contribution in [3.8, 4) is 0 Å². The molecule has 0 radical (unpaired) electrons. The van der Waals surface area contributed by atoms with Crippen molar-refractivity contribution in [3.05, 3.63) is 11.8 Å². The van der Waals surface area contributed by atoms with Gasteiger partial charge in [0, 0.05) is 31.1 Å². The summed E-state index contributed by atoms with van der Waals surface area (Å²) in [4.78, 5) is 41.1. The number of rotatable bonds is 14. The van der Waals surface area contributed by atoms with Crippen molar-refractivity contribution in [1.82, 2.24) is 10.2 Å². The van der Waals surface area contributed by atoms with Crippen molar-refractivity contribution in [2.75, 3.05) is 19.7 Å². The van der Waals surface area contributed by atoms with Crippen LogP contribution in [0.1, 0.15) is 104 Å². The number of hydrogen-bond donors (Lipinski definition) is 1. The summed E-state index contributed by atoms with van der Waals surface area (Å²) in [5.74, 6) is -0.810. The number of allylic oxidation sites excluding steroid dienone is 1. The Labute approximate surface area is 194 Å². The first-order valence-electron chi connectivity index (χ1n) is 13.0. The molecule has 1 heterocycles. The van der Waals surface area contributed by atoms with Crippen LogP contribution in [-0.2, 0) is 19.1 Å². The van der Waals surface area contributed by atoms with Gasteiger partial charge in [0.05, 0.1) is 6.61 Å². The van der Waals surface area contributed by atoms with Gasteiger partial charge in [-0.3, -0.25) is 14.4 Å². The van der Waals surface area contributed by atoms with E-state index in [1.807, 2.05) is 11.8 Å². The van der Waals surface area contributed by atoms with Crippen molar-refractivity contribution < 1.29 is 19.1 Å². The van der Waals surface area contributed by atoms with Gasteiger partial charge in [0.25, 0.3) is 0 Å². The number of nitrogens with zero attached hydrogens (tertiary/aromatic N) is 1. The molecule has 0 bridgehead atoms. The number of nitrogens with one attached hydrogen (secondary N) is 1. The number of amides is 2. The third kappa shape index (κ3) is 6.82. The Morgan fingerprint density at radius 2 is 1.81 bits per heavy atom. The standard InChI is InChI=1S/C26H44N2O4/c1-4-7-9-10-11-14-18-28-22-15-12-13-16-26(22,25(31)32-6-3)20-21(24(28)30)19-23(29)27-17-8-5-2/h15,21H,4-14,16-20H2,1-3H3,(H,27,29)/t21-,26+/m1/s1. The van der Waals surface area contributed by atoms with Crippen LogP contribution >= 0.6 is 0 Å². The third-order valence-electron chi connectivity index (χ3n) is 6.82. The van der Waals surface area contributed by atoms with Gasteiger partial charge in [0.1, 0.15) is 5.41 Å². The van der Waals surface area contributed by atoms with Crippen molar-refractivity contribution >= 4 is 17.8 Å². The second-order valence-corrected chi connectivity index (χ2v) is 9.35. The summed E-state index contributed by atoms with van der Waals surface area (Å²) in [6, 6.07) is 0. The molecular formula is C26H44N2O4. The molecule has 2 atom stereocenters. The van der Waals surface area contributed by atoms with Gasteiger partial charge < -0.3 is 15.0 Å². The lowest BCUT2D eigenvalue weighted by molar-refractivity contribution is -0.162. The lowest BCUT2D eigenvalue weighted by atomic mass is 9.66. The maximum Gasteiger partial charge on any atom is 0.318 e. The highest BCUT2D eigenvalue weighted by Gasteiger charge is 2.54. The van der Waals surface area contributed by atoms with E-state index in [4.69, 9.17) is 4.74 Å². The van der Waals surface area contributed by atoms with E-state index >= 15 is 0 Å². The molecule has 1 aliphatic carbocycles. The average molecular weight is 449 g/mol. The van der Waals surface area contributed by atoms with Gasteiger partial charge in [-0.2, -0.15) is 0 Å². The maximum atomic E-state index is 13.5. The van der Waals surface area contributed by atoms with Crippen LogP contribution in [0.15, 0.2) is 11.8 Å². The van der Waals surface area contributed by atoms with Crippen LogP contribution < -0.4 is 5.32 Å². The molecule has 0 aromatic heterocycles. The second-order valence-electron chi connectivity index (χ2n) is 9.35. The number of unbranched alkanes of at least 4 members (excludes halogenated alkanes) is 6. The summed E-state index contributed by atoms with van der Waals surface area (Å²) in [6.07, 6.45) is 13.8. The van der Waals surface area contributed by atoms with Crippen LogP contribution in [0.2, 0.25) is 0 Å². The van der Waals surface area contributed by atoms with Crippen LogP contribution in [0.4, 0.5) is 0 Å². The number of piperidine rings is 1. The van der Waals surface area contributed by atoms with Gasteiger partial charge in [-0.25, -0.2) is 0 Å². The fourth-order valence-corrected chi connectivity index (χ4v) is 5.09. The summed E-state index contributed by atoms with van der Waals surface area (Å²) < 4.78 is 5.51. The van der Waals surface area contributed by atoms with Gasteiger partial charge in [0.2, 0.25) is 11.8 Å². The molecule has 32 heavy (non-hydrogen) atoms. The lowest BCUT2D eigenvalue weighted by Gasteiger charge is -2.48. The quantitative estimate of drug-likeness (QED) is 0.296. The van der Waals surface area contributed by atoms with Crippen LogP contribution in [0.3, 0.4) is 0 Å². The van der Waals surface area contributed by atoms with E-state index < -0.39 is 11.3 Å². The molecule has 6 nitrogen and oxygen atoms in total. The first-order chi connectivity index (χ1) is 15.5. The molecule has 1 aliphatic heterocycles. The molecule has 2 amide bonds. The first-order valence-corrected chi connectivity index (χ1v) is 13.0. The highest BCUT2D eigenvalue weighted by atomic mass is 16.5. The van der Waals surface area contributed by atoms with E-state index in [1.54, 1.807) is 0 Å². The predicted octanol–water partition coefficient (Wildman–Crippen LogP) is 5.12. The van der Waals surface area contributed by atoms with E-state index in [0.717, 1.165) is 44.2 Å². The summed E-state index contributed by atoms with van der Waals surface area (Å²) in [7, 11) is 0. The van der Waals surface area contributed by atoms with E-state index in [1.165, 1.54) is 25.7 Å². The van der Waals surface area contributed by atoms with Gasteiger partial charge in [-0.15, -0.1) is 0 Å². The molecule has 0 spiro atoms. The van der Waals surface area contributed by atoms with E-state index in [9.17, 15) is 14.4 Å². The molecule has 0 unspecified atom stereocenters. The number of carbonyl (C=O) groups excluding carboxylic acids is 3. The van der Waals surface area contributed by atoms with E-state index in [0.29, 0.717) is 32.5 Å². The monoisotopic (exact) mass is 448 g/mol. The highest BCUT2D eigenvalue weighted by Crippen LogP contribution is 2.50.